The topological polar surface area (TPSA) is 42.0 Å². The highest BCUT2D eigenvalue weighted by Crippen LogP contribution is 2.45. The molecule has 1 saturated heterocycles. The van der Waals surface area contributed by atoms with E-state index in [1.54, 1.807) is 6.20 Å². The van der Waals surface area contributed by atoms with E-state index in [0.717, 1.165) is 16.6 Å². The van der Waals surface area contributed by atoms with Crippen LogP contribution in [0.25, 0.3) is 10.9 Å². The summed E-state index contributed by atoms with van der Waals surface area (Å²) in [6.07, 6.45) is 1.74. The van der Waals surface area contributed by atoms with Crippen molar-refractivity contribution in [3.8, 4) is 0 Å². The van der Waals surface area contributed by atoms with Gasteiger partial charge in [0.2, 0.25) is 0 Å². The van der Waals surface area contributed by atoms with Crippen LogP contribution in [-0.4, -0.2) is 22.4 Å². The number of thioether (sulfide) groups is 2. The van der Waals surface area contributed by atoms with Gasteiger partial charge in [0.25, 0.3) is 5.91 Å². The fourth-order valence-electron chi connectivity index (χ4n) is 2.74. The monoisotopic (exact) mass is 352 g/mol. The van der Waals surface area contributed by atoms with Crippen molar-refractivity contribution in [2.24, 2.45) is 0 Å². The van der Waals surface area contributed by atoms with Crippen LogP contribution in [0.2, 0.25) is 0 Å². The quantitative estimate of drug-likeness (QED) is 0.723. The summed E-state index contributed by atoms with van der Waals surface area (Å²) in [4.78, 5) is 16.9. The summed E-state index contributed by atoms with van der Waals surface area (Å²) >= 11 is 3.94. The Labute approximate surface area is 149 Å². The molecule has 1 N–H and O–H groups in total. The smallest absolute Gasteiger partial charge is 0.255 e. The molecule has 3 nitrogen and oxygen atoms in total. The van der Waals surface area contributed by atoms with Gasteiger partial charge in [-0.25, -0.2) is 0 Å². The number of fused-ring (bicyclic) bond motifs is 1. The van der Waals surface area contributed by atoms with Crippen molar-refractivity contribution < 1.29 is 4.79 Å². The van der Waals surface area contributed by atoms with Crippen LogP contribution in [0.4, 0.5) is 5.69 Å². The van der Waals surface area contributed by atoms with Gasteiger partial charge in [0, 0.05) is 28.7 Å². The molecule has 0 aliphatic carbocycles. The van der Waals surface area contributed by atoms with Gasteiger partial charge < -0.3 is 5.32 Å². The zero-order valence-corrected chi connectivity index (χ0v) is 14.6. The zero-order chi connectivity index (χ0) is 16.4. The number of hydrogen-bond acceptors (Lipinski definition) is 4. The number of pyridine rings is 1. The van der Waals surface area contributed by atoms with Crippen LogP contribution in [0.15, 0.2) is 60.8 Å². The highest BCUT2D eigenvalue weighted by molar-refractivity contribution is 8.19. The summed E-state index contributed by atoms with van der Waals surface area (Å²) in [6.45, 7) is 0. The fraction of sp³-hybridized carbons (Fsp3) is 0.158. The maximum atomic E-state index is 12.5. The molecule has 0 bridgehead atoms. The third-order valence-corrected chi connectivity index (χ3v) is 7.05. The van der Waals surface area contributed by atoms with Gasteiger partial charge in [-0.15, -0.1) is 23.5 Å². The van der Waals surface area contributed by atoms with Gasteiger partial charge in [-0.05, 0) is 29.8 Å². The van der Waals surface area contributed by atoms with E-state index < -0.39 is 0 Å². The van der Waals surface area contributed by atoms with Crippen LogP contribution in [0.3, 0.4) is 0 Å². The minimum absolute atomic E-state index is 0.105. The third kappa shape index (κ3) is 3.14. The Morgan fingerprint density at radius 1 is 1.00 bits per heavy atom. The van der Waals surface area contributed by atoms with Crippen molar-refractivity contribution in [1.82, 2.24) is 4.98 Å². The minimum atomic E-state index is -0.105. The second kappa shape index (κ2) is 6.87. The molecule has 0 spiro atoms. The number of anilines is 1. The number of amides is 1. The van der Waals surface area contributed by atoms with Crippen LogP contribution < -0.4 is 5.32 Å². The predicted molar refractivity (Wildman–Crippen MR) is 104 cm³/mol. The summed E-state index contributed by atoms with van der Waals surface area (Å²) in [5.41, 5.74) is 3.50. The number of nitrogens with zero attached hydrogens (tertiary/aromatic N) is 1. The Morgan fingerprint density at radius 2 is 1.75 bits per heavy atom. The molecule has 5 heteroatoms. The molecule has 2 heterocycles. The summed E-state index contributed by atoms with van der Waals surface area (Å²) in [5, 5.41) is 3.99. The highest BCUT2D eigenvalue weighted by Gasteiger charge is 2.18. The van der Waals surface area contributed by atoms with Crippen molar-refractivity contribution in [2.45, 2.75) is 4.58 Å². The van der Waals surface area contributed by atoms with E-state index in [0.29, 0.717) is 10.1 Å². The van der Waals surface area contributed by atoms with Gasteiger partial charge >= 0.3 is 0 Å². The molecular weight excluding hydrogens is 336 g/mol. The number of carbonyl (C=O) groups is 1. The lowest BCUT2D eigenvalue weighted by atomic mass is 10.1. The third-order valence-electron chi connectivity index (χ3n) is 3.95. The average molecular weight is 352 g/mol. The van der Waals surface area contributed by atoms with Crippen LogP contribution >= 0.6 is 23.5 Å². The van der Waals surface area contributed by atoms with Gasteiger partial charge in [-0.2, -0.15) is 0 Å². The number of para-hydroxylation sites is 1. The standard InChI is InChI=1S/C19H16N2OS2/c22-18(14-6-8-15(9-7-14)19-23-11-12-24-19)21-16-5-1-3-13-4-2-10-20-17(13)16/h1-10,19H,11-12H2,(H,21,22). The van der Waals surface area contributed by atoms with E-state index in [2.05, 4.69) is 22.4 Å². The van der Waals surface area contributed by atoms with E-state index in [1.807, 2.05) is 66.0 Å². The van der Waals surface area contributed by atoms with Crippen molar-refractivity contribution in [3.63, 3.8) is 0 Å². The maximum absolute atomic E-state index is 12.5. The molecule has 0 saturated carbocycles. The first kappa shape index (κ1) is 15.5. The molecule has 1 fully saturated rings. The first-order valence-corrected chi connectivity index (χ1v) is 9.89. The maximum Gasteiger partial charge on any atom is 0.255 e. The van der Waals surface area contributed by atoms with E-state index in [9.17, 15) is 4.79 Å². The first-order chi connectivity index (χ1) is 11.8. The normalized spacial score (nSPS) is 14.8. The summed E-state index contributed by atoms with van der Waals surface area (Å²) < 4.78 is 0.504. The van der Waals surface area contributed by atoms with Gasteiger partial charge in [0.1, 0.15) is 0 Å². The second-order valence-electron chi connectivity index (χ2n) is 5.53. The van der Waals surface area contributed by atoms with Crippen LogP contribution in [-0.2, 0) is 0 Å². The van der Waals surface area contributed by atoms with Crippen LogP contribution in [0, 0.1) is 0 Å². The zero-order valence-electron chi connectivity index (χ0n) is 12.9. The Morgan fingerprint density at radius 3 is 2.54 bits per heavy atom. The second-order valence-corrected chi connectivity index (χ2v) is 8.25. The van der Waals surface area contributed by atoms with Gasteiger partial charge in [-0.1, -0.05) is 30.3 Å². The number of benzene rings is 2. The van der Waals surface area contributed by atoms with Crippen LogP contribution in [0.5, 0.6) is 0 Å². The van der Waals surface area contributed by atoms with Crippen molar-refractivity contribution in [3.05, 3.63) is 71.9 Å². The molecular formula is C19H16N2OS2. The van der Waals surface area contributed by atoms with Crippen molar-refractivity contribution in [1.29, 1.82) is 0 Å². The first-order valence-electron chi connectivity index (χ1n) is 7.79. The number of hydrogen-bond donors (Lipinski definition) is 1. The average Bonchev–Trinajstić information content (AvgIpc) is 3.17. The number of rotatable bonds is 3. The summed E-state index contributed by atoms with van der Waals surface area (Å²) in [5.74, 6) is 2.29. The number of aromatic nitrogens is 1. The van der Waals surface area contributed by atoms with Gasteiger partial charge in [0.15, 0.2) is 0 Å². The fourth-order valence-corrected chi connectivity index (χ4v) is 5.60. The highest BCUT2D eigenvalue weighted by atomic mass is 32.2. The summed E-state index contributed by atoms with van der Waals surface area (Å²) in [6, 6.07) is 17.6. The number of nitrogens with one attached hydrogen (secondary N) is 1. The molecule has 1 amide bonds. The Balaban J connectivity index is 1.55. The molecule has 2 aromatic carbocycles. The molecule has 0 unspecified atom stereocenters. The Kier molecular flexibility index (Phi) is 4.45. The lowest BCUT2D eigenvalue weighted by Gasteiger charge is -2.10. The molecule has 120 valence electrons. The van der Waals surface area contributed by atoms with Gasteiger partial charge in [0.05, 0.1) is 15.8 Å². The molecule has 24 heavy (non-hydrogen) atoms. The summed E-state index contributed by atoms with van der Waals surface area (Å²) in [7, 11) is 0. The largest absolute Gasteiger partial charge is 0.320 e. The Bertz CT molecular complexity index is 869. The molecule has 1 aromatic heterocycles. The molecule has 1 aliphatic heterocycles. The van der Waals surface area contributed by atoms with Crippen molar-refractivity contribution in [2.75, 3.05) is 16.8 Å². The lowest BCUT2D eigenvalue weighted by molar-refractivity contribution is 0.102. The molecule has 0 atom stereocenters. The van der Waals surface area contributed by atoms with Crippen molar-refractivity contribution >= 4 is 46.0 Å². The van der Waals surface area contributed by atoms with Crippen LogP contribution in [0.1, 0.15) is 20.5 Å². The van der Waals surface area contributed by atoms with Gasteiger partial charge in [-0.3, -0.25) is 9.78 Å². The minimum Gasteiger partial charge on any atom is -0.320 e. The molecule has 0 radical (unpaired) electrons. The predicted octanol–water partition coefficient (Wildman–Crippen LogP) is 4.97. The van der Waals surface area contributed by atoms with E-state index in [-0.39, 0.29) is 5.91 Å². The lowest BCUT2D eigenvalue weighted by Crippen LogP contribution is -2.12. The van der Waals surface area contributed by atoms with E-state index >= 15 is 0 Å². The molecule has 4 rings (SSSR count). The van der Waals surface area contributed by atoms with E-state index in [1.165, 1.54) is 17.1 Å². The Hall–Kier alpha value is -1.98. The number of carbonyl (C=O) groups excluding carboxylic acids is 1. The molecule has 3 aromatic rings. The molecule has 1 aliphatic rings. The SMILES string of the molecule is O=C(Nc1cccc2cccnc12)c1ccc(C2SCCS2)cc1. The van der Waals surface area contributed by atoms with E-state index in [4.69, 9.17) is 0 Å².